The highest BCUT2D eigenvalue weighted by Gasteiger charge is 2.28. The quantitative estimate of drug-likeness (QED) is 0.816. The fourth-order valence-corrected chi connectivity index (χ4v) is 4.53. The van der Waals surface area contributed by atoms with E-state index in [1.165, 1.54) is 16.2 Å². The number of aromatic nitrogens is 1. The molecule has 1 aromatic carbocycles. The fourth-order valence-electron chi connectivity index (χ4n) is 2.69. The van der Waals surface area contributed by atoms with Gasteiger partial charge in [0.15, 0.2) is 0 Å². The Balaban J connectivity index is 1.51. The molecule has 0 aliphatic carbocycles. The largest absolute Gasteiger partial charge is 0.337 e. The van der Waals surface area contributed by atoms with E-state index in [1.54, 1.807) is 0 Å². The Morgan fingerprint density at radius 1 is 1.39 bits per heavy atom. The van der Waals surface area contributed by atoms with Gasteiger partial charge in [-0.2, -0.15) is 0 Å². The smallest absolute Gasteiger partial charge is 0.273 e. The normalized spacial score (nSPS) is 17.6. The lowest BCUT2D eigenvalue weighted by Gasteiger charge is -2.15. The molecule has 2 aromatic rings. The number of thiazole rings is 1. The van der Waals surface area contributed by atoms with Crippen LogP contribution in [0.4, 0.5) is 0 Å². The van der Waals surface area contributed by atoms with Gasteiger partial charge in [0.1, 0.15) is 5.69 Å². The SMILES string of the molecule is NCCc1nc(C(=O)N2CCC(CSc3ccccc3)C2)cs1. The third kappa shape index (κ3) is 4.34. The predicted octanol–water partition coefficient (Wildman–Crippen LogP) is 2.90. The van der Waals surface area contributed by atoms with Crippen molar-refractivity contribution in [3.63, 3.8) is 0 Å². The molecule has 1 fully saturated rings. The summed E-state index contributed by atoms with van der Waals surface area (Å²) in [5.74, 6) is 1.69. The Bertz CT molecular complexity index is 644. The predicted molar refractivity (Wildman–Crippen MR) is 96.0 cm³/mol. The molecule has 6 heteroatoms. The highest BCUT2D eigenvalue weighted by Crippen LogP contribution is 2.26. The van der Waals surface area contributed by atoms with Crippen LogP contribution in [0.5, 0.6) is 0 Å². The molecule has 0 bridgehead atoms. The molecule has 1 unspecified atom stereocenters. The molecule has 0 spiro atoms. The molecule has 1 aliphatic rings. The molecule has 1 saturated heterocycles. The molecule has 0 saturated carbocycles. The van der Waals surface area contributed by atoms with E-state index < -0.39 is 0 Å². The van der Waals surface area contributed by atoms with Crippen molar-refractivity contribution in [2.24, 2.45) is 11.7 Å². The molecular weight excluding hydrogens is 326 g/mol. The van der Waals surface area contributed by atoms with Crippen molar-refractivity contribution in [2.75, 3.05) is 25.4 Å². The van der Waals surface area contributed by atoms with Gasteiger partial charge in [-0.15, -0.1) is 23.1 Å². The van der Waals surface area contributed by atoms with E-state index in [2.05, 4.69) is 29.2 Å². The lowest BCUT2D eigenvalue weighted by molar-refractivity contribution is 0.0783. The summed E-state index contributed by atoms with van der Waals surface area (Å²) in [4.78, 5) is 20.2. The van der Waals surface area contributed by atoms with Gasteiger partial charge in [0.05, 0.1) is 5.01 Å². The van der Waals surface area contributed by atoms with Crippen molar-refractivity contribution in [3.8, 4) is 0 Å². The summed E-state index contributed by atoms with van der Waals surface area (Å²) in [5, 5.41) is 2.81. The van der Waals surface area contributed by atoms with Gasteiger partial charge in [0.2, 0.25) is 0 Å². The first-order chi connectivity index (χ1) is 11.3. The summed E-state index contributed by atoms with van der Waals surface area (Å²) in [7, 11) is 0. The zero-order valence-electron chi connectivity index (χ0n) is 13.0. The molecule has 23 heavy (non-hydrogen) atoms. The van der Waals surface area contributed by atoms with Crippen LogP contribution < -0.4 is 5.73 Å². The van der Waals surface area contributed by atoms with E-state index in [-0.39, 0.29) is 5.91 Å². The van der Waals surface area contributed by atoms with Gasteiger partial charge in [0.25, 0.3) is 5.91 Å². The van der Waals surface area contributed by atoms with Crippen molar-refractivity contribution >= 4 is 29.0 Å². The Morgan fingerprint density at radius 2 is 2.22 bits per heavy atom. The molecule has 4 nitrogen and oxygen atoms in total. The monoisotopic (exact) mass is 347 g/mol. The van der Waals surface area contributed by atoms with Crippen molar-refractivity contribution in [1.82, 2.24) is 9.88 Å². The van der Waals surface area contributed by atoms with Gasteiger partial charge >= 0.3 is 0 Å². The number of carbonyl (C=O) groups is 1. The number of likely N-dealkylation sites (tertiary alicyclic amines) is 1. The third-order valence-corrected chi connectivity index (χ3v) is 6.08. The number of carbonyl (C=O) groups excluding carboxylic acids is 1. The summed E-state index contributed by atoms with van der Waals surface area (Å²) < 4.78 is 0. The van der Waals surface area contributed by atoms with Crippen molar-refractivity contribution in [3.05, 3.63) is 46.4 Å². The second kappa shape index (κ2) is 7.95. The maximum Gasteiger partial charge on any atom is 0.273 e. The fraction of sp³-hybridized carbons (Fsp3) is 0.412. The van der Waals surface area contributed by atoms with Crippen LogP contribution in [0.15, 0.2) is 40.6 Å². The van der Waals surface area contributed by atoms with Crippen LogP contribution in [0.2, 0.25) is 0 Å². The highest BCUT2D eigenvalue weighted by atomic mass is 32.2. The minimum Gasteiger partial charge on any atom is -0.337 e. The molecule has 1 aliphatic heterocycles. The number of nitrogens with two attached hydrogens (primary N) is 1. The average Bonchev–Trinajstić information content (AvgIpc) is 3.23. The van der Waals surface area contributed by atoms with E-state index >= 15 is 0 Å². The van der Waals surface area contributed by atoms with Crippen LogP contribution in [0.3, 0.4) is 0 Å². The standard InChI is InChI=1S/C17H21N3OS2/c18-8-6-16-19-15(12-23-16)17(21)20-9-7-13(10-20)11-22-14-4-2-1-3-5-14/h1-5,12-13H,6-11,18H2. The second-order valence-corrected chi connectivity index (χ2v) is 7.73. The maximum absolute atomic E-state index is 12.5. The summed E-state index contributed by atoms with van der Waals surface area (Å²) >= 11 is 3.40. The van der Waals surface area contributed by atoms with Gasteiger partial charge < -0.3 is 10.6 Å². The number of hydrogen-bond acceptors (Lipinski definition) is 5. The summed E-state index contributed by atoms with van der Waals surface area (Å²) in [6.45, 7) is 2.24. The Kier molecular flexibility index (Phi) is 5.70. The van der Waals surface area contributed by atoms with E-state index in [1.807, 2.05) is 28.1 Å². The molecule has 1 amide bonds. The minimum atomic E-state index is 0.0664. The Morgan fingerprint density at radius 3 is 3.00 bits per heavy atom. The Hall–Kier alpha value is -1.37. The first-order valence-corrected chi connectivity index (χ1v) is 9.74. The molecule has 2 heterocycles. The minimum absolute atomic E-state index is 0.0664. The number of benzene rings is 1. The van der Waals surface area contributed by atoms with Crippen LogP contribution in [0, 0.1) is 5.92 Å². The maximum atomic E-state index is 12.5. The number of nitrogens with zero attached hydrogens (tertiary/aromatic N) is 2. The second-order valence-electron chi connectivity index (χ2n) is 5.70. The van der Waals surface area contributed by atoms with Gasteiger partial charge in [-0.05, 0) is 31.0 Å². The number of amides is 1. The first kappa shape index (κ1) is 16.5. The lowest BCUT2D eigenvalue weighted by Crippen LogP contribution is -2.29. The number of rotatable bonds is 6. The van der Waals surface area contributed by atoms with Crippen LogP contribution in [-0.2, 0) is 6.42 Å². The van der Waals surface area contributed by atoms with E-state index in [9.17, 15) is 4.79 Å². The molecular formula is C17H21N3OS2. The topological polar surface area (TPSA) is 59.2 Å². The zero-order chi connectivity index (χ0) is 16.1. The lowest BCUT2D eigenvalue weighted by atomic mass is 10.2. The zero-order valence-corrected chi connectivity index (χ0v) is 14.6. The number of thioether (sulfide) groups is 1. The van der Waals surface area contributed by atoms with Gasteiger partial charge in [0, 0.05) is 35.5 Å². The molecule has 1 atom stereocenters. The molecule has 2 N–H and O–H groups in total. The molecule has 1 aromatic heterocycles. The van der Waals surface area contributed by atoms with Crippen molar-refractivity contribution in [2.45, 2.75) is 17.7 Å². The van der Waals surface area contributed by atoms with Crippen LogP contribution in [0.25, 0.3) is 0 Å². The molecule has 0 radical (unpaired) electrons. The van der Waals surface area contributed by atoms with Crippen LogP contribution in [-0.4, -0.2) is 41.2 Å². The average molecular weight is 348 g/mol. The van der Waals surface area contributed by atoms with E-state index in [4.69, 9.17) is 5.73 Å². The van der Waals surface area contributed by atoms with Gasteiger partial charge in [-0.1, -0.05) is 18.2 Å². The Labute approximate surface area is 145 Å². The molecule has 122 valence electrons. The van der Waals surface area contributed by atoms with Crippen molar-refractivity contribution in [1.29, 1.82) is 0 Å². The summed E-state index contributed by atoms with van der Waals surface area (Å²) in [6.07, 6.45) is 1.82. The van der Waals surface area contributed by atoms with Crippen LogP contribution >= 0.6 is 23.1 Å². The first-order valence-electron chi connectivity index (χ1n) is 7.88. The summed E-state index contributed by atoms with van der Waals surface area (Å²) in [6, 6.07) is 10.4. The summed E-state index contributed by atoms with van der Waals surface area (Å²) in [5.41, 5.74) is 6.12. The van der Waals surface area contributed by atoms with E-state index in [0.29, 0.717) is 18.2 Å². The van der Waals surface area contributed by atoms with Crippen molar-refractivity contribution < 1.29 is 4.79 Å². The highest BCUT2D eigenvalue weighted by molar-refractivity contribution is 7.99. The number of hydrogen-bond donors (Lipinski definition) is 1. The third-order valence-electron chi connectivity index (χ3n) is 3.93. The molecule has 3 rings (SSSR count). The van der Waals surface area contributed by atoms with Gasteiger partial charge in [-0.3, -0.25) is 4.79 Å². The van der Waals surface area contributed by atoms with Crippen LogP contribution in [0.1, 0.15) is 21.9 Å². The van der Waals surface area contributed by atoms with E-state index in [0.717, 1.165) is 36.7 Å². The van der Waals surface area contributed by atoms with Gasteiger partial charge in [-0.25, -0.2) is 4.98 Å².